The van der Waals surface area contributed by atoms with Gasteiger partial charge in [0.2, 0.25) is 0 Å². The number of ether oxygens (including phenoxy) is 3. The summed E-state index contributed by atoms with van der Waals surface area (Å²) in [6.45, 7) is 15.4. The van der Waals surface area contributed by atoms with Gasteiger partial charge >= 0.3 is 8.80 Å². The van der Waals surface area contributed by atoms with Gasteiger partial charge in [0, 0.05) is 19.8 Å². The van der Waals surface area contributed by atoms with Gasteiger partial charge in [-0.1, -0.05) is 46.6 Å². The van der Waals surface area contributed by atoms with E-state index in [0.29, 0.717) is 39.6 Å². The van der Waals surface area contributed by atoms with E-state index in [-0.39, 0.29) is 0 Å². The molecule has 0 radical (unpaired) electrons. The van der Waals surface area contributed by atoms with Crippen molar-refractivity contribution >= 4 is 8.80 Å². The summed E-state index contributed by atoms with van der Waals surface area (Å²) in [5.74, 6) is 0. The van der Waals surface area contributed by atoms with E-state index in [1.165, 1.54) is 0 Å². The molecule has 0 saturated heterocycles. The molecule has 0 aromatic rings. The zero-order chi connectivity index (χ0) is 20.1. The van der Waals surface area contributed by atoms with Gasteiger partial charge in [0.1, 0.15) is 0 Å². The van der Waals surface area contributed by atoms with E-state index in [9.17, 15) is 0 Å². The van der Waals surface area contributed by atoms with Crippen molar-refractivity contribution in [1.82, 2.24) is 0 Å². The number of rotatable bonds is 22. The molecule has 0 rings (SSSR count). The summed E-state index contributed by atoms with van der Waals surface area (Å²) in [6.07, 6.45) is 6.53. The Morgan fingerprint density at radius 1 is 0.556 bits per heavy atom. The zero-order valence-electron chi connectivity index (χ0n) is 17.8. The van der Waals surface area contributed by atoms with Crippen LogP contribution in [0.1, 0.15) is 59.3 Å². The first-order chi connectivity index (χ1) is 13.2. The lowest BCUT2D eigenvalue weighted by atomic mass is 10.4. The lowest BCUT2D eigenvalue weighted by molar-refractivity contribution is 0.00712. The van der Waals surface area contributed by atoms with E-state index >= 15 is 0 Å². The number of hydrogen-bond acceptors (Lipinski definition) is 6. The van der Waals surface area contributed by atoms with Crippen molar-refractivity contribution in [2.75, 3.05) is 59.5 Å². The van der Waals surface area contributed by atoms with Crippen LogP contribution in [0.3, 0.4) is 0 Å². The molecule has 0 spiro atoms. The molecule has 0 aliphatic heterocycles. The minimum absolute atomic E-state index is 0.426. The van der Waals surface area contributed by atoms with E-state index in [1.807, 2.05) is 0 Å². The average Bonchev–Trinajstić information content (AvgIpc) is 2.69. The van der Waals surface area contributed by atoms with Crippen molar-refractivity contribution in [3.8, 4) is 0 Å². The third-order valence-corrected chi connectivity index (χ3v) is 6.09. The van der Waals surface area contributed by atoms with Gasteiger partial charge in [-0.25, -0.2) is 0 Å². The van der Waals surface area contributed by atoms with Crippen molar-refractivity contribution in [1.29, 1.82) is 0 Å². The second-order valence-electron chi connectivity index (χ2n) is 6.25. The molecule has 6 nitrogen and oxygen atoms in total. The second kappa shape index (κ2) is 20.5. The smallest absolute Gasteiger partial charge is 0.379 e. The highest BCUT2D eigenvalue weighted by atomic mass is 28.4. The summed E-state index contributed by atoms with van der Waals surface area (Å²) in [7, 11) is -2.95. The van der Waals surface area contributed by atoms with Gasteiger partial charge in [0.05, 0.1) is 39.6 Å². The van der Waals surface area contributed by atoms with Crippen molar-refractivity contribution in [3.05, 3.63) is 12.3 Å². The van der Waals surface area contributed by atoms with Crippen molar-refractivity contribution in [3.63, 3.8) is 0 Å². The second-order valence-corrected chi connectivity index (χ2v) is 8.73. The molecule has 0 saturated carbocycles. The molecule has 0 unspecified atom stereocenters. The molecule has 7 heteroatoms. The summed E-state index contributed by atoms with van der Waals surface area (Å²) >= 11 is 0. The maximum absolute atomic E-state index is 5.95. The fourth-order valence-corrected chi connectivity index (χ4v) is 3.78. The first kappa shape index (κ1) is 26.7. The van der Waals surface area contributed by atoms with Crippen LogP contribution >= 0.6 is 0 Å². The van der Waals surface area contributed by atoms with Gasteiger partial charge in [-0.3, -0.25) is 0 Å². The molecule has 0 heterocycles. The van der Waals surface area contributed by atoms with Crippen LogP contribution in [0.25, 0.3) is 0 Å². The molecule has 0 atom stereocenters. The lowest BCUT2D eigenvalue weighted by Crippen LogP contribution is -2.46. The van der Waals surface area contributed by atoms with Gasteiger partial charge in [0.25, 0.3) is 0 Å². The maximum Gasteiger partial charge on any atom is 0.529 e. The predicted molar refractivity (Wildman–Crippen MR) is 111 cm³/mol. The van der Waals surface area contributed by atoms with Crippen LogP contribution in [0.2, 0.25) is 0 Å². The molecule has 0 aliphatic carbocycles. The molecule has 0 N–H and O–H groups in total. The highest BCUT2D eigenvalue weighted by molar-refractivity contribution is 6.66. The van der Waals surface area contributed by atoms with E-state index in [4.69, 9.17) is 27.5 Å². The van der Waals surface area contributed by atoms with Crippen molar-refractivity contribution in [2.24, 2.45) is 0 Å². The first-order valence-electron chi connectivity index (χ1n) is 10.5. The number of unbranched alkanes of at least 4 members (excludes halogenated alkanes) is 3. The summed E-state index contributed by atoms with van der Waals surface area (Å²) < 4.78 is 34.5. The quantitative estimate of drug-likeness (QED) is 0.199. The van der Waals surface area contributed by atoms with Gasteiger partial charge in [-0.2, -0.15) is 0 Å². The van der Waals surface area contributed by atoms with Crippen LogP contribution in [0.5, 0.6) is 0 Å². The van der Waals surface area contributed by atoms with Gasteiger partial charge < -0.3 is 27.5 Å². The van der Waals surface area contributed by atoms with E-state index < -0.39 is 8.80 Å². The Morgan fingerprint density at radius 2 is 0.889 bits per heavy atom. The van der Waals surface area contributed by atoms with Crippen LogP contribution in [-0.2, 0) is 27.5 Å². The van der Waals surface area contributed by atoms with Crippen LogP contribution < -0.4 is 0 Å². The minimum Gasteiger partial charge on any atom is -0.379 e. The van der Waals surface area contributed by atoms with Crippen molar-refractivity contribution < 1.29 is 27.5 Å². The van der Waals surface area contributed by atoms with E-state index in [1.54, 1.807) is 5.70 Å². The van der Waals surface area contributed by atoms with Crippen LogP contribution in [0, 0.1) is 0 Å². The van der Waals surface area contributed by atoms with Crippen LogP contribution in [0.15, 0.2) is 12.3 Å². The molecule has 0 aromatic heterocycles. The molecular weight excluding hydrogens is 364 g/mol. The minimum atomic E-state index is -2.95. The Kier molecular flexibility index (Phi) is 20.2. The summed E-state index contributed by atoms with van der Waals surface area (Å²) in [4.78, 5) is 0. The zero-order valence-corrected chi connectivity index (χ0v) is 18.8. The normalized spacial score (nSPS) is 11.8. The third kappa shape index (κ3) is 16.4. The lowest BCUT2D eigenvalue weighted by Gasteiger charge is -2.26. The molecule has 0 fully saturated rings. The SMILES string of the molecule is C=C[Si](OCCOCCCC)(OCCOCCCC)OCCOCCCC. The molecule has 27 heavy (non-hydrogen) atoms. The van der Waals surface area contributed by atoms with Crippen LogP contribution in [-0.4, -0.2) is 68.3 Å². The monoisotopic (exact) mass is 406 g/mol. The molecule has 0 bridgehead atoms. The Bertz CT molecular complexity index is 276. The molecule has 162 valence electrons. The summed E-state index contributed by atoms with van der Waals surface area (Å²) in [6, 6.07) is 0. The van der Waals surface area contributed by atoms with E-state index in [2.05, 4.69) is 27.4 Å². The first-order valence-corrected chi connectivity index (χ1v) is 12.3. The van der Waals surface area contributed by atoms with Gasteiger partial charge in [-0.15, -0.1) is 0 Å². The van der Waals surface area contributed by atoms with Gasteiger partial charge in [0.15, 0.2) is 0 Å². The molecule has 0 amide bonds. The topological polar surface area (TPSA) is 55.4 Å². The Labute approximate surface area is 167 Å². The highest BCUT2D eigenvalue weighted by Gasteiger charge is 2.38. The molecule has 0 aliphatic rings. The largest absolute Gasteiger partial charge is 0.529 e. The van der Waals surface area contributed by atoms with Crippen molar-refractivity contribution in [2.45, 2.75) is 59.3 Å². The fraction of sp³-hybridized carbons (Fsp3) is 0.900. The Morgan fingerprint density at radius 3 is 1.15 bits per heavy atom. The summed E-state index contributed by atoms with van der Waals surface area (Å²) in [5.41, 5.74) is 1.68. The van der Waals surface area contributed by atoms with E-state index in [0.717, 1.165) is 58.3 Å². The van der Waals surface area contributed by atoms with Gasteiger partial charge in [-0.05, 0) is 25.0 Å². The highest BCUT2D eigenvalue weighted by Crippen LogP contribution is 2.11. The predicted octanol–water partition coefficient (Wildman–Crippen LogP) is 4.15. The molecule has 0 aromatic carbocycles. The maximum atomic E-state index is 5.95. The Hall–Kier alpha value is -0.283. The molecular formula is C20H42O6Si. The average molecular weight is 407 g/mol. The summed E-state index contributed by atoms with van der Waals surface area (Å²) in [5, 5.41) is 0. The fourth-order valence-electron chi connectivity index (χ4n) is 2.08. The Balaban J connectivity index is 4.25. The van der Waals surface area contributed by atoms with Crippen LogP contribution in [0.4, 0.5) is 0 Å². The standard InChI is InChI=1S/C20H42O6Si/c1-5-9-12-21-15-18-24-27(8-4,25-19-16-22-13-10-6-2)26-20-17-23-14-11-7-3/h8H,4-7,9-20H2,1-3H3. The third-order valence-electron chi connectivity index (χ3n) is 3.77. The number of hydrogen-bond donors (Lipinski definition) is 0.